The lowest BCUT2D eigenvalue weighted by Crippen LogP contribution is -2.41. The van der Waals surface area contributed by atoms with Gasteiger partial charge in [-0.25, -0.2) is 0 Å². The summed E-state index contributed by atoms with van der Waals surface area (Å²) >= 11 is 0. The van der Waals surface area contributed by atoms with E-state index >= 15 is 0 Å². The van der Waals surface area contributed by atoms with Gasteiger partial charge in [0.15, 0.2) is 0 Å². The Labute approximate surface area is 131 Å². The molecule has 22 heavy (non-hydrogen) atoms. The van der Waals surface area contributed by atoms with Gasteiger partial charge in [0.1, 0.15) is 0 Å². The average molecular weight is 300 g/mol. The molecule has 2 aromatic rings. The second kappa shape index (κ2) is 7.22. The van der Waals surface area contributed by atoms with E-state index in [2.05, 4.69) is 10.4 Å². The van der Waals surface area contributed by atoms with Gasteiger partial charge >= 0.3 is 0 Å². The van der Waals surface area contributed by atoms with Gasteiger partial charge < -0.3 is 11.1 Å². The van der Waals surface area contributed by atoms with Crippen molar-refractivity contribution in [3.8, 4) is 0 Å². The number of anilines is 1. The average Bonchev–Trinajstić information content (AvgIpc) is 3.04. The van der Waals surface area contributed by atoms with Crippen molar-refractivity contribution in [1.82, 2.24) is 9.78 Å². The minimum Gasteiger partial charge on any atom is -0.329 e. The Balaban J connectivity index is 2.03. The summed E-state index contributed by atoms with van der Waals surface area (Å²) in [5.74, 6) is -0.000161. The van der Waals surface area contributed by atoms with Crippen LogP contribution in [-0.2, 0) is 11.3 Å². The van der Waals surface area contributed by atoms with E-state index in [-0.39, 0.29) is 5.91 Å². The number of hydrogen-bond donors (Lipinski definition) is 2. The molecule has 1 heterocycles. The molecule has 0 unspecified atom stereocenters. The van der Waals surface area contributed by atoms with Crippen molar-refractivity contribution < 1.29 is 4.79 Å². The third kappa shape index (κ3) is 3.54. The van der Waals surface area contributed by atoms with Crippen molar-refractivity contribution >= 4 is 11.6 Å². The largest absolute Gasteiger partial charge is 0.329 e. The van der Waals surface area contributed by atoms with Crippen LogP contribution < -0.4 is 11.1 Å². The molecule has 0 atom stereocenters. The van der Waals surface area contributed by atoms with E-state index in [0.717, 1.165) is 30.6 Å². The van der Waals surface area contributed by atoms with Crippen LogP contribution in [0.3, 0.4) is 0 Å². The molecule has 5 nitrogen and oxygen atoms in total. The molecule has 0 spiro atoms. The molecular formula is C17H24N4O. The van der Waals surface area contributed by atoms with Gasteiger partial charge in [0, 0.05) is 24.6 Å². The summed E-state index contributed by atoms with van der Waals surface area (Å²) in [5, 5.41) is 7.16. The van der Waals surface area contributed by atoms with Gasteiger partial charge in [0.2, 0.25) is 5.91 Å². The maximum absolute atomic E-state index is 12.5. The molecule has 1 aromatic heterocycles. The SMILES string of the molecule is CCC(CC)(CN)C(=O)Nc1ccc(Cn2cccn2)cc1. The van der Waals surface area contributed by atoms with Crippen LogP contribution in [0.2, 0.25) is 0 Å². The quantitative estimate of drug-likeness (QED) is 0.825. The van der Waals surface area contributed by atoms with Gasteiger partial charge in [-0.3, -0.25) is 9.48 Å². The summed E-state index contributed by atoms with van der Waals surface area (Å²) in [6, 6.07) is 9.74. The Morgan fingerprint density at radius 2 is 1.95 bits per heavy atom. The third-order valence-corrected chi connectivity index (χ3v) is 4.34. The fraction of sp³-hybridized carbons (Fsp3) is 0.412. The minimum absolute atomic E-state index is 0.000161. The zero-order chi connectivity index (χ0) is 16.0. The second-order valence-electron chi connectivity index (χ2n) is 5.55. The molecule has 0 fully saturated rings. The molecule has 0 aliphatic rings. The van der Waals surface area contributed by atoms with E-state index in [4.69, 9.17) is 5.73 Å². The predicted molar refractivity (Wildman–Crippen MR) is 88.5 cm³/mol. The molecule has 3 N–H and O–H groups in total. The minimum atomic E-state index is -0.478. The highest BCUT2D eigenvalue weighted by molar-refractivity contribution is 5.95. The van der Waals surface area contributed by atoms with Gasteiger partial charge in [-0.2, -0.15) is 5.10 Å². The maximum Gasteiger partial charge on any atom is 0.231 e. The first-order valence-corrected chi connectivity index (χ1v) is 7.71. The van der Waals surface area contributed by atoms with Crippen LogP contribution in [0.15, 0.2) is 42.7 Å². The summed E-state index contributed by atoms with van der Waals surface area (Å²) in [7, 11) is 0. The van der Waals surface area contributed by atoms with Crippen molar-refractivity contribution in [3.05, 3.63) is 48.3 Å². The Morgan fingerprint density at radius 1 is 1.27 bits per heavy atom. The van der Waals surface area contributed by atoms with E-state index in [0.29, 0.717) is 6.54 Å². The van der Waals surface area contributed by atoms with Crippen LogP contribution in [0.4, 0.5) is 5.69 Å². The van der Waals surface area contributed by atoms with Crippen molar-refractivity contribution in [3.63, 3.8) is 0 Å². The van der Waals surface area contributed by atoms with E-state index < -0.39 is 5.41 Å². The topological polar surface area (TPSA) is 72.9 Å². The summed E-state index contributed by atoms with van der Waals surface area (Å²) in [5.41, 5.74) is 7.27. The molecule has 0 aliphatic carbocycles. The lowest BCUT2D eigenvalue weighted by molar-refractivity contribution is -0.125. The summed E-state index contributed by atoms with van der Waals surface area (Å²) in [6.07, 6.45) is 5.16. The molecule has 1 aromatic carbocycles. The van der Waals surface area contributed by atoms with Crippen molar-refractivity contribution in [2.24, 2.45) is 11.1 Å². The van der Waals surface area contributed by atoms with E-state index in [9.17, 15) is 4.79 Å². The predicted octanol–water partition coefficient (Wildman–Crippen LogP) is 2.64. The first-order chi connectivity index (χ1) is 10.6. The van der Waals surface area contributed by atoms with Gasteiger partial charge in [-0.1, -0.05) is 26.0 Å². The number of hydrogen-bond acceptors (Lipinski definition) is 3. The maximum atomic E-state index is 12.5. The Morgan fingerprint density at radius 3 is 2.45 bits per heavy atom. The van der Waals surface area contributed by atoms with Crippen LogP contribution in [0.1, 0.15) is 32.3 Å². The van der Waals surface area contributed by atoms with Crippen LogP contribution >= 0.6 is 0 Å². The molecule has 5 heteroatoms. The summed E-state index contributed by atoms with van der Waals surface area (Å²) in [6.45, 7) is 5.09. The van der Waals surface area contributed by atoms with Crippen molar-refractivity contribution in [1.29, 1.82) is 0 Å². The van der Waals surface area contributed by atoms with E-state index in [1.165, 1.54) is 0 Å². The molecular weight excluding hydrogens is 276 g/mol. The number of benzene rings is 1. The standard InChI is InChI=1S/C17H24N4O/c1-3-17(4-2,13-18)16(22)20-15-8-6-14(7-9-15)12-21-11-5-10-19-21/h5-11H,3-4,12-13,18H2,1-2H3,(H,20,22). The molecule has 0 saturated carbocycles. The fourth-order valence-corrected chi connectivity index (χ4v) is 2.49. The molecule has 0 bridgehead atoms. The Bertz CT molecular complexity index is 577. The fourth-order valence-electron chi connectivity index (χ4n) is 2.49. The van der Waals surface area contributed by atoms with Crippen LogP contribution in [0, 0.1) is 5.41 Å². The van der Waals surface area contributed by atoms with E-state index in [1.54, 1.807) is 6.20 Å². The number of nitrogens with zero attached hydrogens (tertiary/aromatic N) is 2. The Hall–Kier alpha value is -2.14. The number of rotatable bonds is 7. The number of nitrogens with two attached hydrogens (primary N) is 1. The molecule has 118 valence electrons. The first-order valence-electron chi connectivity index (χ1n) is 7.71. The number of nitrogens with one attached hydrogen (secondary N) is 1. The zero-order valence-electron chi connectivity index (χ0n) is 13.2. The number of amides is 1. The third-order valence-electron chi connectivity index (χ3n) is 4.34. The molecule has 0 radical (unpaired) electrons. The number of carbonyl (C=O) groups excluding carboxylic acids is 1. The lowest BCUT2D eigenvalue weighted by Gasteiger charge is -2.28. The van der Waals surface area contributed by atoms with Crippen LogP contribution in [-0.4, -0.2) is 22.2 Å². The van der Waals surface area contributed by atoms with Crippen LogP contribution in [0.25, 0.3) is 0 Å². The van der Waals surface area contributed by atoms with Gasteiger partial charge in [-0.15, -0.1) is 0 Å². The number of aromatic nitrogens is 2. The number of carbonyl (C=O) groups is 1. The molecule has 1 amide bonds. The van der Waals surface area contributed by atoms with E-state index in [1.807, 2.05) is 55.1 Å². The van der Waals surface area contributed by atoms with Gasteiger partial charge in [-0.05, 0) is 36.6 Å². The Kier molecular flexibility index (Phi) is 5.33. The van der Waals surface area contributed by atoms with Crippen molar-refractivity contribution in [2.75, 3.05) is 11.9 Å². The molecule has 0 saturated heterocycles. The summed E-state index contributed by atoms with van der Waals surface area (Å²) in [4.78, 5) is 12.5. The zero-order valence-corrected chi connectivity index (χ0v) is 13.2. The lowest BCUT2D eigenvalue weighted by atomic mass is 9.81. The molecule has 2 rings (SSSR count). The summed E-state index contributed by atoms with van der Waals surface area (Å²) < 4.78 is 1.86. The highest BCUT2D eigenvalue weighted by atomic mass is 16.2. The van der Waals surface area contributed by atoms with Crippen molar-refractivity contribution in [2.45, 2.75) is 33.2 Å². The van der Waals surface area contributed by atoms with Crippen LogP contribution in [0.5, 0.6) is 0 Å². The smallest absolute Gasteiger partial charge is 0.231 e. The van der Waals surface area contributed by atoms with Gasteiger partial charge in [0.05, 0.1) is 12.0 Å². The normalized spacial score (nSPS) is 11.4. The first kappa shape index (κ1) is 16.2. The highest BCUT2D eigenvalue weighted by Gasteiger charge is 2.33. The molecule has 0 aliphatic heterocycles. The second-order valence-corrected chi connectivity index (χ2v) is 5.55. The van der Waals surface area contributed by atoms with Gasteiger partial charge in [0.25, 0.3) is 0 Å². The monoisotopic (exact) mass is 300 g/mol. The highest BCUT2D eigenvalue weighted by Crippen LogP contribution is 2.27.